The Bertz CT molecular complexity index is 492. The molecule has 2 atom stereocenters. The van der Waals surface area contributed by atoms with Crippen molar-refractivity contribution in [3.8, 4) is 0 Å². The van der Waals surface area contributed by atoms with Gasteiger partial charge < -0.3 is 16.0 Å². The lowest BCUT2D eigenvalue weighted by Crippen LogP contribution is -2.45. The van der Waals surface area contributed by atoms with Crippen LogP contribution >= 0.6 is 11.6 Å². The molecule has 0 saturated carbocycles. The molecule has 0 unspecified atom stereocenters. The number of anilines is 1. The summed E-state index contributed by atoms with van der Waals surface area (Å²) in [6.45, 7) is 3.37. The Hall–Kier alpha value is -1.20. The van der Waals surface area contributed by atoms with Crippen LogP contribution in [0.1, 0.15) is 19.8 Å². The molecule has 114 valence electrons. The number of nitrogens with two attached hydrogens (primary N) is 1. The molecule has 1 saturated heterocycles. The Morgan fingerprint density at radius 1 is 1.52 bits per heavy atom. The average Bonchev–Trinajstić information content (AvgIpc) is 2.74. The molecule has 1 aliphatic rings. The van der Waals surface area contributed by atoms with Gasteiger partial charge in [0.05, 0.1) is 0 Å². The SMILES string of the molecule is BCCC[C@H]1CN(C(=O)Nc2ccc(Cl)cc2)C[C@]1(C)N. The van der Waals surface area contributed by atoms with Crippen molar-refractivity contribution in [3.63, 3.8) is 0 Å². The minimum absolute atomic E-state index is 0.0898. The van der Waals surface area contributed by atoms with E-state index >= 15 is 0 Å². The lowest BCUT2D eigenvalue weighted by Gasteiger charge is -2.25. The summed E-state index contributed by atoms with van der Waals surface area (Å²) in [6.07, 6.45) is 3.39. The lowest BCUT2D eigenvalue weighted by atomic mass is 9.84. The zero-order valence-electron chi connectivity index (χ0n) is 12.7. The van der Waals surface area contributed by atoms with Gasteiger partial charge >= 0.3 is 6.03 Å². The molecule has 1 aliphatic heterocycles. The number of benzene rings is 1. The summed E-state index contributed by atoms with van der Waals surface area (Å²) in [5.41, 5.74) is 6.82. The van der Waals surface area contributed by atoms with Gasteiger partial charge in [0.1, 0.15) is 7.85 Å². The number of hydrogen-bond donors (Lipinski definition) is 2. The number of hydrogen-bond acceptors (Lipinski definition) is 2. The largest absolute Gasteiger partial charge is 0.324 e. The van der Waals surface area contributed by atoms with Crippen LogP contribution in [0.5, 0.6) is 0 Å². The first-order valence-electron chi connectivity index (χ1n) is 7.53. The van der Waals surface area contributed by atoms with Crippen LogP contribution < -0.4 is 11.1 Å². The van der Waals surface area contributed by atoms with Crippen molar-refractivity contribution >= 4 is 31.2 Å². The second-order valence-electron chi connectivity index (χ2n) is 6.16. The third kappa shape index (κ3) is 4.14. The molecule has 2 amide bonds. The molecule has 2 rings (SSSR count). The quantitative estimate of drug-likeness (QED) is 0.839. The Labute approximate surface area is 132 Å². The van der Waals surface area contributed by atoms with Crippen LogP contribution in [-0.4, -0.2) is 37.4 Å². The fraction of sp³-hybridized carbons (Fsp3) is 0.533. The second kappa shape index (κ2) is 6.71. The van der Waals surface area contributed by atoms with Crippen molar-refractivity contribution in [2.75, 3.05) is 18.4 Å². The number of halogens is 1. The Morgan fingerprint density at radius 2 is 2.19 bits per heavy atom. The van der Waals surface area contributed by atoms with Crippen molar-refractivity contribution in [2.24, 2.45) is 11.7 Å². The summed E-state index contributed by atoms with van der Waals surface area (Å²) < 4.78 is 0. The minimum atomic E-state index is -0.299. The maximum atomic E-state index is 12.3. The number of likely N-dealkylation sites (tertiary alicyclic amines) is 1. The number of nitrogens with one attached hydrogen (secondary N) is 1. The molecule has 0 spiro atoms. The van der Waals surface area contributed by atoms with E-state index in [-0.39, 0.29) is 11.6 Å². The topological polar surface area (TPSA) is 58.4 Å². The van der Waals surface area contributed by atoms with Crippen LogP contribution in [0.15, 0.2) is 24.3 Å². The van der Waals surface area contributed by atoms with Gasteiger partial charge in [-0.2, -0.15) is 0 Å². The van der Waals surface area contributed by atoms with E-state index in [4.69, 9.17) is 17.3 Å². The fourth-order valence-electron chi connectivity index (χ4n) is 2.84. The van der Waals surface area contributed by atoms with E-state index in [2.05, 4.69) is 13.2 Å². The van der Waals surface area contributed by atoms with E-state index in [1.807, 2.05) is 11.8 Å². The summed E-state index contributed by atoms with van der Waals surface area (Å²) in [4.78, 5) is 14.1. The molecule has 0 aliphatic carbocycles. The van der Waals surface area contributed by atoms with Crippen LogP contribution in [0.3, 0.4) is 0 Å². The summed E-state index contributed by atoms with van der Waals surface area (Å²) in [5, 5.41) is 3.55. The number of urea groups is 1. The van der Waals surface area contributed by atoms with Gasteiger partial charge in [0.15, 0.2) is 0 Å². The van der Waals surface area contributed by atoms with Gasteiger partial charge in [-0.3, -0.25) is 0 Å². The first-order valence-corrected chi connectivity index (χ1v) is 7.90. The van der Waals surface area contributed by atoms with E-state index in [0.29, 0.717) is 17.5 Å². The van der Waals surface area contributed by atoms with E-state index in [0.717, 1.165) is 31.4 Å². The standard InChI is InChI=1S/C15H23BClN3O/c1-15(18)10-20(9-11(15)3-2-8-16)14(21)19-13-6-4-12(17)5-7-13/h4-7,11H,2-3,8-10,16,18H2,1H3,(H,19,21)/t11-,15-/m0/s1. The Kier molecular flexibility index (Phi) is 5.17. The van der Waals surface area contributed by atoms with Crippen molar-refractivity contribution in [3.05, 3.63) is 29.3 Å². The van der Waals surface area contributed by atoms with E-state index < -0.39 is 0 Å². The summed E-state index contributed by atoms with van der Waals surface area (Å²) in [6, 6.07) is 7.03. The molecule has 21 heavy (non-hydrogen) atoms. The van der Waals surface area contributed by atoms with Gasteiger partial charge in [-0.25, -0.2) is 4.79 Å². The smallest absolute Gasteiger partial charge is 0.321 e. The number of nitrogens with zero attached hydrogens (tertiary/aromatic N) is 1. The molecular weight excluding hydrogens is 284 g/mol. The summed E-state index contributed by atoms with van der Waals surface area (Å²) in [5.74, 6) is 0.369. The number of rotatable bonds is 4. The highest BCUT2D eigenvalue weighted by atomic mass is 35.5. The molecule has 1 aromatic carbocycles. The molecule has 4 nitrogen and oxygen atoms in total. The van der Waals surface area contributed by atoms with Crippen LogP contribution in [0, 0.1) is 5.92 Å². The zero-order valence-corrected chi connectivity index (χ0v) is 13.5. The molecule has 3 N–H and O–H groups in total. The van der Waals surface area contributed by atoms with Crippen LogP contribution in [0.25, 0.3) is 0 Å². The highest BCUT2D eigenvalue weighted by Gasteiger charge is 2.41. The number of amides is 2. The maximum Gasteiger partial charge on any atom is 0.321 e. The highest BCUT2D eigenvalue weighted by molar-refractivity contribution is 6.30. The van der Waals surface area contributed by atoms with Gasteiger partial charge in [-0.1, -0.05) is 24.3 Å². The Morgan fingerprint density at radius 3 is 2.81 bits per heavy atom. The van der Waals surface area contributed by atoms with Crippen LogP contribution in [-0.2, 0) is 0 Å². The van der Waals surface area contributed by atoms with Crippen molar-refractivity contribution in [1.29, 1.82) is 0 Å². The Balaban J connectivity index is 1.96. The number of carbonyl (C=O) groups excluding carboxylic acids is 1. The van der Waals surface area contributed by atoms with Crippen LogP contribution in [0.4, 0.5) is 10.5 Å². The molecule has 1 fully saturated rings. The van der Waals surface area contributed by atoms with E-state index in [1.54, 1.807) is 24.3 Å². The maximum absolute atomic E-state index is 12.3. The number of carbonyl (C=O) groups is 1. The molecule has 1 heterocycles. The van der Waals surface area contributed by atoms with Gasteiger partial charge in [-0.05, 0) is 43.5 Å². The van der Waals surface area contributed by atoms with Gasteiger partial charge in [-0.15, -0.1) is 0 Å². The van der Waals surface area contributed by atoms with Gasteiger partial charge in [0.2, 0.25) is 0 Å². The normalized spacial score (nSPS) is 25.1. The molecular formula is C15H23BClN3O. The summed E-state index contributed by atoms with van der Waals surface area (Å²) >= 11 is 5.84. The van der Waals surface area contributed by atoms with Crippen molar-refractivity contribution in [2.45, 2.75) is 31.6 Å². The van der Waals surface area contributed by atoms with E-state index in [9.17, 15) is 4.79 Å². The zero-order chi connectivity index (χ0) is 15.5. The van der Waals surface area contributed by atoms with Gasteiger partial charge in [0.25, 0.3) is 0 Å². The predicted octanol–water partition coefficient (Wildman–Crippen LogP) is 2.35. The predicted molar refractivity (Wildman–Crippen MR) is 90.7 cm³/mol. The monoisotopic (exact) mass is 307 g/mol. The van der Waals surface area contributed by atoms with Gasteiger partial charge in [0, 0.05) is 29.3 Å². The van der Waals surface area contributed by atoms with Crippen molar-refractivity contribution in [1.82, 2.24) is 4.90 Å². The fourth-order valence-corrected chi connectivity index (χ4v) is 2.97. The molecule has 1 aromatic rings. The average molecular weight is 308 g/mol. The summed E-state index contributed by atoms with van der Waals surface area (Å²) in [7, 11) is 2.17. The van der Waals surface area contributed by atoms with Crippen LogP contribution in [0.2, 0.25) is 11.3 Å². The molecule has 0 radical (unpaired) electrons. The highest BCUT2D eigenvalue weighted by Crippen LogP contribution is 2.29. The third-order valence-electron chi connectivity index (χ3n) is 4.19. The molecule has 0 aromatic heterocycles. The second-order valence-corrected chi connectivity index (χ2v) is 6.60. The third-order valence-corrected chi connectivity index (χ3v) is 4.45. The van der Waals surface area contributed by atoms with Crippen molar-refractivity contribution < 1.29 is 4.79 Å². The molecule has 0 bridgehead atoms. The molecule has 6 heteroatoms. The van der Waals surface area contributed by atoms with E-state index in [1.165, 1.54) is 0 Å². The first kappa shape index (κ1) is 16.2. The lowest BCUT2D eigenvalue weighted by molar-refractivity contribution is 0.219. The first-order chi connectivity index (χ1) is 9.92. The minimum Gasteiger partial charge on any atom is -0.324 e.